The Morgan fingerprint density at radius 1 is 1.00 bits per heavy atom. The normalized spacial score (nSPS) is 22.1. The summed E-state index contributed by atoms with van der Waals surface area (Å²) in [6, 6.07) is 16.5. The average Bonchev–Trinajstić information content (AvgIpc) is 2.77. The van der Waals surface area contributed by atoms with E-state index >= 15 is 0 Å². The summed E-state index contributed by atoms with van der Waals surface area (Å²) in [5.41, 5.74) is 4.38. The van der Waals surface area contributed by atoms with Gasteiger partial charge in [-0.2, -0.15) is 0 Å². The monoisotopic (exact) mass is 389 g/mol. The quantitative estimate of drug-likeness (QED) is 0.878. The molecule has 5 rings (SSSR count). The molecule has 2 amide bonds. The predicted molar refractivity (Wildman–Crippen MR) is 111 cm³/mol. The van der Waals surface area contributed by atoms with Crippen LogP contribution in [-0.2, 0) is 17.8 Å². The lowest BCUT2D eigenvalue weighted by atomic mass is 9.84. The van der Waals surface area contributed by atoms with Crippen molar-refractivity contribution in [3.8, 4) is 0 Å². The van der Waals surface area contributed by atoms with E-state index in [4.69, 9.17) is 0 Å². The summed E-state index contributed by atoms with van der Waals surface area (Å²) >= 11 is 0. The maximum Gasteiger partial charge on any atom is 0.251 e. The Morgan fingerprint density at radius 3 is 2.59 bits per heavy atom. The molecule has 0 bridgehead atoms. The number of nitrogens with one attached hydrogen (secondary N) is 1. The molecule has 5 nitrogen and oxygen atoms in total. The van der Waals surface area contributed by atoms with Crippen molar-refractivity contribution in [3.63, 3.8) is 0 Å². The van der Waals surface area contributed by atoms with Gasteiger partial charge in [0.15, 0.2) is 0 Å². The van der Waals surface area contributed by atoms with Crippen molar-refractivity contribution in [2.75, 3.05) is 26.2 Å². The van der Waals surface area contributed by atoms with E-state index < -0.39 is 0 Å². The second-order valence-corrected chi connectivity index (χ2v) is 8.42. The number of benzene rings is 2. The van der Waals surface area contributed by atoms with Crippen LogP contribution < -0.4 is 5.32 Å². The number of piperidine rings is 1. The van der Waals surface area contributed by atoms with E-state index in [0.717, 1.165) is 56.6 Å². The number of hydrogen-bond donors (Lipinski definition) is 1. The molecule has 5 heteroatoms. The van der Waals surface area contributed by atoms with Crippen LogP contribution >= 0.6 is 0 Å². The maximum absolute atomic E-state index is 13.4. The van der Waals surface area contributed by atoms with Crippen LogP contribution in [0.3, 0.4) is 0 Å². The molecular weight excluding hydrogens is 362 g/mol. The fourth-order valence-electron chi connectivity index (χ4n) is 5.15. The summed E-state index contributed by atoms with van der Waals surface area (Å²) in [6.45, 7) is 4.16. The zero-order chi connectivity index (χ0) is 19.8. The highest BCUT2D eigenvalue weighted by molar-refractivity contribution is 5.98. The van der Waals surface area contributed by atoms with Crippen LogP contribution in [0.5, 0.6) is 0 Å². The molecule has 3 aliphatic rings. The third-order valence-electron chi connectivity index (χ3n) is 6.70. The summed E-state index contributed by atoms with van der Waals surface area (Å²) in [6.07, 6.45) is 2.66. The summed E-state index contributed by atoms with van der Waals surface area (Å²) in [4.78, 5) is 30.2. The Kier molecular flexibility index (Phi) is 4.84. The van der Waals surface area contributed by atoms with Gasteiger partial charge >= 0.3 is 0 Å². The van der Waals surface area contributed by atoms with Crippen molar-refractivity contribution in [2.45, 2.75) is 31.8 Å². The van der Waals surface area contributed by atoms with Gasteiger partial charge in [-0.25, -0.2) is 0 Å². The molecule has 1 N–H and O–H groups in total. The molecule has 0 radical (unpaired) electrons. The van der Waals surface area contributed by atoms with E-state index in [9.17, 15) is 9.59 Å². The Bertz CT molecular complexity index is 919. The van der Waals surface area contributed by atoms with E-state index in [2.05, 4.69) is 40.5 Å². The molecule has 3 aliphatic heterocycles. The molecule has 2 aromatic rings. The lowest BCUT2D eigenvalue weighted by Crippen LogP contribution is -2.51. The number of carbonyl (C=O) groups excluding carboxylic acids is 2. The minimum atomic E-state index is -0.0124. The van der Waals surface area contributed by atoms with Crippen molar-refractivity contribution in [2.24, 2.45) is 5.92 Å². The molecule has 1 unspecified atom stereocenters. The Labute approximate surface area is 171 Å². The van der Waals surface area contributed by atoms with Gasteiger partial charge < -0.3 is 10.2 Å². The topological polar surface area (TPSA) is 52.7 Å². The van der Waals surface area contributed by atoms with Crippen molar-refractivity contribution in [1.82, 2.24) is 15.1 Å². The first kappa shape index (κ1) is 18.4. The van der Waals surface area contributed by atoms with E-state index in [-0.39, 0.29) is 23.8 Å². The van der Waals surface area contributed by atoms with E-state index in [1.165, 1.54) is 11.1 Å². The molecular formula is C24H27N3O2. The molecule has 0 saturated carbocycles. The molecule has 0 spiro atoms. The fraction of sp³-hybridized carbons (Fsp3) is 0.417. The molecule has 1 fully saturated rings. The molecule has 3 heterocycles. The molecule has 2 aromatic carbocycles. The number of rotatable bonds is 3. The number of hydrogen-bond acceptors (Lipinski definition) is 3. The van der Waals surface area contributed by atoms with Crippen molar-refractivity contribution >= 4 is 11.8 Å². The highest BCUT2D eigenvalue weighted by Crippen LogP contribution is 2.36. The predicted octanol–water partition coefficient (Wildman–Crippen LogP) is 2.77. The molecule has 0 aliphatic carbocycles. The summed E-state index contributed by atoms with van der Waals surface area (Å²) in [7, 11) is 0. The van der Waals surface area contributed by atoms with Crippen molar-refractivity contribution < 1.29 is 9.59 Å². The van der Waals surface area contributed by atoms with Crippen LogP contribution in [-0.4, -0.2) is 47.8 Å². The van der Waals surface area contributed by atoms with Gasteiger partial charge in [-0.1, -0.05) is 42.5 Å². The third kappa shape index (κ3) is 3.44. The summed E-state index contributed by atoms with van der Waals surface area (Å²) in [5.74, 6) is 0.348. The molecule has 150 valence electrons. The van der Waals surface area contributed by atoms with Gasteiger partial charge in [0.05, 0.1) is 6.04 Å². The van der Waals surface area contributed by atoms with E-state index in [1.807, 2.05) is 23.1 Å². The maximum atomic E-state index is 13.4. The van der Waals surface area contributed by atoms with Gasteiger partial charge in [-0.15, -0.1) is 0 Å². The van der Waals surface area contributed by atoms with Gasteiger partial charge in [0.25, 0.3) is 5.91 Å². The van der Waals surface area contributed by atoms with E-state index in [1.54, 1.807) is 0 Å². The lowest BCUT2D eigenvalue weighted by Gasteiger charge is -2.43. The molecule has 29 heavy (non-hydrogen) atoms. The van der Waals surface area contributed by atoms with Crippen LogP contribution in [0.2, 0.25) is 0 Å². The lowest BCUT2D eigenvalue weighted by molar-refractivity contribution is -0.140. The highest BCUT2D eigenvalue weighted by Gasteiger charge is 2.39. The molecule has 0 aromatic heterocycles. The average molecular weight is 389 g/mol. The Balaban J connectivity index is 1.27. The standard InChI is InChI=1S/C24H27N3O2/c28-23-20-8-4-7-18-11-14-27(21(15-25-23)22(18)20)24(29)19-9-12-26(13-10-19)16-17-5-2-1-3-6-17/h1-8,19,21H,9-16H2,(H,25,28). The third-order valence-corrected chi connectivity index (χ3v) is 6.70. The van der Waals surface area contributed by atoms with Crippen LogP contribution in [0.1, 0.15) is 45.9 Å². The number of likely N-dealkylation sites (tertiary alicyclic amines) is 1. The number of nitrogens with zero attached hydrogens (tertiary/aromatic N) is 2. The van der Waals surface area contributed by atoms with Gasteiger partial charge in [0, 0.05) is 31.1 Å². The number of carbonyl (C=O) groups is 2. The molecule has 1 saturated heterocycles. The summed E-state index contributed by atoms with van der Waals surface area (Å²) in [5, 5.41) is 2.98. The van der Waals surface area contributed by atoms with E-state index in [0.29, 0.717) is 6.54 Å². The van der Waals surface area contributed by atoms with Gasteiger partial charge in [0.2, 0.25) is 5.91 Å². The SMILES string of the molecule is O=C1NCC2c3c(cccc31)CCN2C(=O)C1CCN(Cc2ccccc2)CC1. The smallest absolute Gasteiger partial charge is 0.251 e. The first-order chi connectivity index (χ1) is 14.2. The number of amides is 2. The largest absolute Gasteiger partial charge is 0.350 e. The second kappa shape index (κ2) is 7.64. The highest BCUT2D eigenvalue weighted by atomic mass is 16.2. The molecule has 1 atom stereocenters. The second-order valence-electron chi connectivity index (χ2n) is 8.42. The minimum absolute atomic E-state index is 0.0116. The van der Waals surface area contributed by atoms with Crippen molar-refractivity contribution in [1.29, 1.82) is 0 Å². The van der Waals surface area contributed by atoms with Crippen LogP contribution in [0, 0.1) is 5.92 Å². The Hall–Kier alpha value is -2.66. The Morgan fingerprint density at radius 2 is 1.79 bits per heavy atom. The summed E-state index contributed by atoms with van der Waals surface area (Å²) < 4.78 is 0. The van der Waals surface area contributed by atoms with Gasteiger partial charge in [-0.05, 0) is 55.1 Å². The zero-order valence-electron chi connectivity index (χ0n) is 16.6. The van der Waals surface area contributed by atoms with Crippen LogP contribution in [0.15, 0.2) is 48.5 Å². The van der Waals surface area contributed by atoms with Gasteiger partial charge in [-0.3, -0.25) is 14.5 Å². The van der Waals surface area contributed by atoms with Crippen LogP contribution in [0.4, 0.5) is 0 Å². The van der Waals surface area contributed by atoms with Crippen LogP contribution in [0.25, 0.3) is 0 Å². The fourth-order valence-corrected chi connectivity index (χ4v) is 5.15. The minimum Gasteiger partial charge on any atom is -0.350 e. The first-order valence-electron chi connectivity index (χ1n) is 10.7. The zero-order valence-corrected chi connectivity index (χ0v) is 16.6. The first-order valence-corrected chi connectivity index (χ1v) is 10.7. The van der Waals surface area contributed by atoms with Gasteiger partial charge in [0.1, 0.15) is 0 Å². The van der Waals surface area contributed by atoms with Crippen molar-refractivity contribution in [3.05, 3.63) is 70.8 Å².